The normalized spacial score (nSPS) is 13.1. The Morgan fingerprint density at radius 2 is 2.00 bits per heavy atom. The molecule has 0 aliphatic rings. The number of rotatable bonds is 4. The number of methoxy groups -OCH3 is 1. The summed E-state index contributed by atoms with van der Waals surface area (Å²) in [5.41, 5.74) is 0.544. The van der Waals surface area contributed by atoms with E-state index in [0.29, 0.717) is 0 Å². The molecule has 0 N–H and O–H groups in total. The average molecular weight is 213 g/mol. The lowest BCUT2D eigenvalue weighted by Crippen LogP contribution is -1.86. The summed E-state index contributed by atoms with van der Waals surface area (Å²) >= 11 is 5.79. The average Bonchev–Trinajstić information content (AvgIpc) is 2.26. The van der Waals surface area contributed by atoms with Crippen LogP contribution in [0.25, 0.3) is 0 Å². The number of hydrogen-bond donors (Lipinski definition) is 0. The number of nitrogens with zero attached hydrogens (tertiary/aromatic N) is 2. The van der Waals surface area contributed by atoms with Crippen LogP contribution in [0.2, 0.25) is 0 Å². The topological polar surface area (TPSA) is 34.0 Å². The predicted octanol–water partition coefficient (Wildman–Crippen LogP) is 3.75. The van der Waals surface area contributed by atoms with Gasteiger partial charge >= 0.3 is 0 Å². The van der Waals surface area contributed by atoms with E-state index in [1.807, 2.05) is 31.2 Å². The van der Waals surface area contributed by atoms with Crippen LogP contribution in [0.1, 0.15) is 13.3 Å². The van der Waals surface area contributed by atoms with Gasteiger partial charge < -0.3 is 4.74 Å². The highest BCUT2D eigenvalue weighted by Gasteiger charge is 1.96. The van der Waals surface area contributed by atoms with Crippen LogP contribution in [0.4, 0.5) is 5.69 Å². The van der Waals surface area contributed by atoms with E-state index in [0.717, 1.165) is 17.9 Å². The molecule has 0 aliphatic carbocycles. The monoisotopic (exact) mass is 212 g/mol. The van der Waals surface area contributed by atoms with Crippen molar-refractivity contribution in [3.8, 4) is 5.75 Å². The third kappa shape index (κ3) is 3.34. The summed E-state index contributed by atoms with van der Waals surface area (Å²) in [6.07, 6.45) is 0.779. The molecular formula is C10H13ClN2O. The fourth-order valence-corrected chi connectivity index (χ4v) is 0.903. The van der Waals surface area contributed by atoms with Crippen molar-refractivity contribution in [1.29, 1.82) is 0 Å². The molecule has 3 nitrogen and oxygen atoms in total. The van der Waals surface area contributed by atoms with Gasteiger partial charge in [-0.25, -0.2) is 0 Å². The summed E-state index contributed by atoms with van der Waals surface area (Å²) in [6.45, 7) is 1.96. The Hall–Kier alpha value is -1.09. The minimum absolute atomic E-state index is 0.239. The van der Waals surface area contributed by atoms with E-state index in [4.69, 9.17) is 16.3 Å². The third-order valence-electron chi connectivity index (χ3n) is 1.71. The Balaban J connectivity index is 2.64. The van der Waals surface area contributed by atoms with E-state index in [9.17, 15) is 0 Å². The quantitative estimate of drug-likeness (QED) is 0.425. The first-order chi connectivity index (χ1) is 6.76. The van der Waals surface area contributed by atoms with Gasteiger partial charge in [0.05, 0.1) is 12.8 Å². The zero-order valence-electron chi connectivity index (χ0n) is 8.27. The van der Waals surface area contributed by atoms with Crippen molar-refractivity contribution in [3.05, 3.63) is 24.3 Å². The molecule has 0 saturated heterocycles. The molecule has 0 amide bonds. The first kappa shape index (κ1) is 11.0. The zero-order chi connectivity index (χ0) is 10.4. The second kappa shape index (κ2) is 5.60. The van der Waals surface area contributed by atoms with Gasteiger partial charge in [0.1, 0.15) is 11.3 Å². The maximum Gasteiger partial charge on any atom is 0.144 e. The van der Waals surface area contributed by atoms with E-state index in [2.05, 4.69) is 10.2 Å². The van der Waals surface area contributed by atoms with Crippen molar-refractivity contribution in [1.82, 2.24) is 0 Å². The molecule has 1 aromatic rings. The molecule has 0 spiro atoms. The predicted molar refractivity (Wildman–Crippen MR) is 57.4 cm³/mol. The maximum absolute atomic E-state index is 5.79. The molecule has 4 heteroatoms. The second-order valence-corrected chi connectivity index (χ2v) is 3.26. The Kier molecular flexibility index (Phi) is 4.40. The zero-order valence-corrected chi connectivity index (χ0v) is 9.03. The van der Waals surface area contributed by atoms with Gasteiger partial charge in [-0.05, 0) is 30.7 Å². The molecule has 76 valence electrons. The van der Waals surface area contributed by atoms with Crippen molar-refractivity contribution in [2.45, 2.75) is 18.8 Å². The number of alkyl halides is 1. The summed E-state index contributed by atoms with van der Waals surface area (Å²) in [6, 6.07) is 7.34. The van der Waals surface area contributed by atoms with E-state index in [-0.39, 0.29) is 5.50 Å². The lowest BCUT2D eigenvalue weighted by molar-refractivity contribution is 0.415. The summed E-state index contributed by atoms with van der Waals surface area (Å²) in [5.74, 6) is 0.807. The van der Waals surface area contributed by atoms with E-state index in [1.54, 1.807) is 7.11 Å². The van der Waals surface area contributed by atoms with Crippen LogP contribution in [-0.2, 0) is 0 Å². The summed E-state index contributed by atoms with van der Waals surface area (Å²) in [4.78, 5) is 0. The van der Waals surface area contributed by atoms with Crippen LogP contribution in [0, 0.1) is 0 Å². The molecule has 0 saturated carbocycles. The van der Waals surface area contributed by atoms with Crippen LogP contribution in [0.5, 0.6) is 5.75 Å². The smallest absolute Gasteiger partial charge is 0.144 e. The van der Waals surface area contributed by atoms with Crippen LogP contribution in [0.15, 0.2) is 34.5 Å². The summed E-state index contributed by atoms with van der Waals surface area (Å²) in [5, 5.41) is 7.91. The summed E-state index contributed by atoms with van der Waals surface area (Å²) < 4.78 is 5.02. The highest BCUT2D eigenvalue weighted by atomic mass is 35.5. The number of halogens is 1. The Morgan fingerprint density at radius 3 is 2.50 bits per heavy atom. The first-order valence-corrected chi connectivity index (χ1v) is 4.89. The Morgan fingerprint density at radius 1 is 1.36 bits per heavy atom. The minimum Gasteiger partial charge on any atom is -0.497 e. The van der Waals surface area contributed by atoms with Crippen molar-refractivity contribution in [3.63, 3.8) is 0 Å². The molecule has 0 heterocycles. The second-order valence-electron chi connectivity index (χ2n) is 2.76. The number of ether oxygens (including phenoxy) is 1. The van der Waals surface area contributed by atoms with Gasteiger partial charge in [0, 0.05) is 0 Å². The van der Waals surface area contributed by atoms with Gasteiger partial charge in [-0.2, -0.15) is 10.2 Å². The van der Waals surface area contributed by atoms with Crippen molar-refractivity contribution < 1.29 is 4.74 Å². The lowest BCUT2D eigenvalue weighted by atomic mass is 10.3. The minimum atomic E-state index is -0.239. The molecular weight excluding hydrogens is 200 g/mol. The van der Waals surface area contributed by atoms with Crippen molar-refractivity contribution >= 4 is 17.3 Å². The Labute approximate surface area is 88.8 Å². The molecule has 0 aliphatic heterocycles. The molecule has 1 rings (SSSR count). The number of benzene rings is 1. The van der Waals surface area contributed by atoms with Gasteiger partial charge in [0.15, 0.2) is 0 Å². The maximum atomic E-state index is 5.79. The molecule has 1 atom stereocenters. The fraction of sp³-hybridized carbons (Fsp3) is 0.400. The molecule has 0 fully saturated rings. The lowest BCUT2D eigenvalue weighted by Gasteiger charge is -1.99. The SMILES string of the molecule is CCC(Cl)N=Nc1ccc(OC)cc1. The van der Waals surface area contributed by atoms with Crippen LogP contribution in [0.3, 0.4) is 0 Å². The number of hydrogen-bond acceptors (Lipinski definition) is 3. The molecule has 1 aromatic carbocycles. The molecule has 0 radical (unpaired) electrons. The third-order valence-corrected chi connectivity index (χ3v) is 2.10. The number of azo groups is 1. The highest BCUT2D eigenvalue weighted by Crippen LogP contribution is 2.18. The molecule has 0 bridgehead atoms. The largest absolute Gasteiger partial charge is 0.497 e. The van der Waals surface area contributed by atoms with Crippen molar-refractivity contribution in [2.75, 3.05) is 7.11 Å². The van der Waals surface area contributed by atoms with Gasteiger partial charge in [0.2, 0.25) is 0 Å². The standard InChI is InChI=1S/C10H13ClN2O/c1-3-10(11)13-12-8-4-6-9(14-2)7-5-8/h4-7,10H,3H2,1-2H3. The van der Waals surface area contributed by atoms with E-state index in [1.165, 1.54) is 0 Å². The van der Waals surface area contributed by atoms with Crippen LogP contribution < -0.4 is 4.74 Å². The van der Waals surface area contributed by atoms with Crippen molar-refractivity contribution in [2.24, 2.45) is 10.2 Å². The van der Waals surface area contributed by atoms with Gasteiger partial charge in [-0.3, -0.25) is 0 Å². The summed E-state index contributed by atoms with van der Waals surface area (Å²) in [7, 11) is 1.63. The first-order valence-electron chi connectivity index (χ1n) is 4.45. The van der Waals surface area contributed by atoms with E-state index < -0.39 is 0 Å². The Bertz CT molecular complexity index is 297. The fourth-order valence-electron chi connectivity index (χ4n) is 0.860. The van der Waals surface area contributed by atoms with Gasteiger partial charge in [-0.15, -0.1) is 0 Å². The molecule has 0 aromatic heterocycles. The molecule has 1 unspecified atom stereocenters. The van der Waals surface area contributed by atoms with Crippen LogP contribution >= 0.6 is 11.6 Å². The van der Waals surface area contributed by atoms with Crippen LogP contribution in [-0.4, -0.2) is 12.6 Å². The highest BCUT2D eigenvalue weighted by molar-refractivity contribution is 6.20. The van der Waals surface area contributed by atoms with Gasteiger partial charge in [0.25, 0.3) is 0 Å². The van der Waals surface area contributed by atoms with E-state index >= 15 is 0 Å². The van der Waals surface area contributed by atoms with Gasteiger partial charge in [-0.1, -0.05) is 18.5 Å². The molecule has 14 heavy (non-hydrogen) atoms.